The van der Waals surface area contributed by atoms with Crippen molar-refractivity contribution in [1.82, 2.24) is 0 Å². The first kappa shape index (κ1) is 14.5. The molecule has 3 rings (SSSR count). The first-order valence-corrected chi connectivity index (χ1v) is 7.85. The van der Waals surface area contributed by atoms with Gasteiger partial charge in [0.05, 0.1) is 11.5 Å². The summed E-state index contributed by atoms with van der Waals surface area (Å²) in [4.78, 5) is 24.8. The van der Waals surface area contributed by atoms with E-state index in [9.17, 15) is 9.59 Å². The lowest BCUT2D eigenvalue weighted by atomic mass is 9.65. The fourth-order valence-electron chi connectivity index (χ4n) is 4.03. The van der Waals surface area contributed by atoms with Crippen molar-refractivity contribution in [3.05, 3.63) is 35.4 Å². The Morgan fingerprint density at radius 1 is 1.19 bits per heavy atom. The molecule has 1 fully saturated rings. The number of benzene rings is 1. The lowest BCUT2D eigenvalue weighted by molar-refractivity contribution is -0.217. The smallest absolute Gasteiger partial charge is 0.229 e. The van der Waals surface area contributed by atoms with Crippen molar-refractivity contribution in [3.63, 3.8) is 0 Å². The van der Waals surface area contributed by atoms with Gasteiger partial charge in [-0.15, -0.1) is 0 Å². The van der Waals surface area contributed by atoms with E-state index in [0.29, 0.717) is 5.56 Å². The maximum atomic E-state index is 12.5. The van der Waals surface area contributed by atoms with Crippen molar-refractivity contribution in [2.45, 2.75) is 57.7 Å². The summed E-state index contributed by atoms with van der Waals surface area (Å²) in [5, 5.41) is 0. The molecule has 0 saturated carbocycles. The Balaban J connectivity index is 2.15. The standard InChI is InChI=1S/C18H22O3/c1-4-18(5-2)11-10-14-16(20)15(19)12-8-6-7-9-13(12)17(14,3)21-18/h6-9,14H,4-5,10-11H2,1-3H3. The molecular formula is C18H22O3. The van der Waals surface area contributed by atoms with Gasteiger partial charge in [0.15, 0.2) is 0 Å². The number of ether oxygens (including phenoxy) is 1. The third-order valence-corrected chi connectivity index (χ3v) is 5.52. The van der Waals surface area contributed by atoms with Crippen molar-refractivity contribution in [2.24, 2.45) is 5.92 Å². The van der Waals surface area contributed by atoms with E-state index in [0.717, 1.165) is 31.2 Å². The normalized spacial score (nSPS) is 30.7. The minimum absolute atomic E-state index is 0.182. The first-order chi connectivity index (χ1) is 9.97. The van der Waals surface area contributed by atoms with Crippen molar-refractivity contribution >= 4 is 11.6 Å². The van der Waals surface area contributed by atoms with Gasteiger partial charge in [-0.05, 0) is 38.2 Å². The molecule has 2 aliphatic rings. The lowest BCUT2D eigenvalue weighted by Crippen LogP contribution is -2.56. The number of carbonyl (C=O) groups excluding carboxylic acids is 2. The molecule has 1 heterocycles. The highest BCUT2D eigenvalue weighted by Crippen LogP contribution is 2.51. The van der Waals surface area contributed by atoms with Crippen molar-refractivity contribution in [3.8, 4) is 0 Å². The second-order valence-electron chi connectivity index (χ2n) is 6.43. The SMILES string of the molecule is CCC1(CC)CCC2C(=O)C(=O)c3ccccc3C2(C)O1. The molecule has 0 spiro atoms. The highest BCUT2D eigenvalue weighted by molar-refractivity contribution is 6.46. The van der Waals surface area contributed by atoms with E-state index in [2.05, 4.69) is 13.8 Å². The Bertz CT molecular complexity index is 600. The average Bonchev–Trinajstić information content (AvgIpc) is 2.52. The maximum absolute atomic E-state index is 12.5. The third-order valence-electron chi connectivity index (χ3n) is 5.52. The van der Waals surface area contributed by atoms with Gasteiger partial charge in [-0.1, -0.05) is 38.1 Å². The largest absolute Gasteiger partial charge is 0.363 e. The molecule has 112 valence electrons. The number of hydrogen-bond donors (Lipinski definition) is 0. The average molecular weight is 286 g/mol. The van der Waals surface area contributed by atoms with Crippen LogP contribution in [0.1, 0.15) is 62.4 Å². The predicted molar refractivity (Wildman–Crippen MR) is 80.3 cm³/mol. The predicted octanol–water partition coefficient (Wildman–Crippen LogP) is 3.65. The molecule has 3 nitrogen and oxygen atoms in total. The summed E-state index contributed by atoms with van der Waals surface area (Å²) in [5.41, 5.74) is 0.542. The topological polar surface area (TPSA) is 43.4 Å². The van der Waals surface area contributed by atoms with Crippen LogP contribution < -0.4 is 0 Å². The fourth-order valence-corrected chi connectivity index (χ4v) is 4.03. The van der Waals surface area contributed by atoms with E-state index < -0.39 is 5.60 Å². The van der Waals surface area contributed by atoms with Crippen LogP contribution in [0.2, 0.25) is 0 Å². The van der Waals surface area contributed by atoms with Crippen LogP contribution >= 0.6 is 0 Å². The Morgan fingerprint density at radius 3 is 2.52 bits per heavy atom. The number of fused-ring (bicyclic) bond motifs is 3. The summed E-state index contributed by atoms with van der Waals surface area (Å²) in [6.45, 7) is 6.25. The summed E-state index contributed by atoms with van der Waals surface area (Å²) >= 11 is 0. The van der Waals surface area contributed by atoms with Gasteiger partial charge >= 0.3 is 0 Å². The molecule has 1 aromatic carbocycles. The molecule has 2 unspecified atom stereocenters. The van der Waals surface area contributed by atoms with Gasteiger partial charge in [0.25, 0.3) is 0 Å². The Kier molecular flexibility index (Phi) is 3.28. The molecule has 3 heteroatoms. The summed E-state index contributed by atoms with van der Waals surface area (Å²) in [6.07, 6.45) is 3.44. The fraction of sp³-hybridized carbons (Fsp3) is 0.556. The lowest BCUT2D eigenvalue weighted by Gasteiger charge is -2.52. The maximum Gasteiger partial charge on any atom is 0.229 e. The summed E-state index contributed by atoms with van der Waals surface area (Å²) in [7, 11) is 0. The second-order valence-corrected chi connectivity index (χ2v) is 6.43. The summed E-state index contributed by atoms with van der Waals surface area (Å²) in [5.74, 6) is -0.972. The Morgan fingerprint density at radius 2 is 1.86 bits per heavy atom. The van der Waals surface area contributed by atoms with Gasteiger partial charge < -0.3 is 4.74 Å². The molecule has 2 atom stereocenters. The van der Waals surface area contributed by atoms with Crippen LogP contribution in [0.4, 0.5) is 0 Å². The minimum Gasteiger partial charge on any atom is -0.363 e. The van der Waals surface area contributed by atoms with Gasteiger partial charge in [0.2, 0.25) is 11.6 Å². The number of ketones is 2. The molecule has 1 saturated heterocycles. The number of hydrogen-bond acceptors (Lipinski definition) is 3. The van der Waals surface area contributed by atoms with Crippen LogP contribution in [0.3, 0.4) is 0 Å². The molecule has 21 heavy (non-hydrogen) atoms. The molecule has 0 N–H and O–H groups in total. The van der Waals surface area contributed by atoms with Crippen LogP contribution in [0.5, 0.6) is 0 Å². The Labute approximate surface area is 125 Å². The van der Waals surface area contributed by atoms with Gasteiger partial charge in [0.1, 0.15) is 5.60 Å². The van der Waals surface area contributed by atoms with Gasteiger partial charge in [-0.3, -0.25) is 9.59 Å². The molecule has 1 aliphatic carbocycles. The highest BCUT2D eigenvalue weighted by atomic mass is 16.5. The number of Topliss-reactive ketones (excluding diaryl/α,β-unsaturated/α-hetero) is 2. The monoisotopic (exact) mass is 286 g/mol. The van der Waals surface area contributed by atoms with Gasteiger partial charge in [0, 0.05) is 5.56 Å². The zero-order chi connectivity index (χ0) is 15.3. The second kappa shape index (κ2) is 4.77. The van der Waals surface area contributed by atoms with E-state index >= 15 is 0 Å². The van der Waals surface area contributed by atoms with E-state index in [1.165, 1.54) is 0 Å². The molecule has 0 radical (unpaired) electrons. The molecule has 0 bridgehead atoms. The van der Waals surface area contributed by atoms with Crippen molar-refractivity contribution in [2.75, 3.05) is 0 Å². The summed E-state index contributed by atoms with van der Waals surface area (Å²) in [6, 6.07) is 7.41. The van der Waals surface area contributed by atoms with Gasteiger partial charge in [-0.2, -0.15) is 0 Å². The van der Waals surface area contributed by atoms with Crippen LogP contribution in [0.25, 0.3) is 0 Å². The van der Waals surface area contributed by atoms with Crippen LogP contribution in [-0.2, 0) is 15.1 Å². The molecule has 1 aliphatic heterocycles. The zero-order valence-electron chi connectivity index (χ0n) is 12.9. The van der Waals surface area contributed by atoms with Crippen molar-refractivity contribution in [1.29, 1.82) is 0 Å². The van der Waals surface area contributed by atoms with E-state index in [1.807, 2.05) is 25.1 Å². The van der Waals surface area contributed by atoms with E-state index in [-0.39, 0.29) is 23.1 Å². The first-order valence-electron chi connectivity index (χ1n) is 7.85. The van der Waals surface area contributed by atoms with Gasteiger partial charge in [-0.25, -0.2) is 0 Å². The number of rotatable bonds is 2. The quantitative estimate of drug-likeness (QED) is 0.779. The van der Waals surface area contributed by atoms with E-state index in [1.54, 1.807) is 6.07 Å². The van der Waals surface area contributed by atoms with Crippen LogP contribution in [0.15, 0.2) is 24.3 Å². The van der Waals surface area contributed by atoms with Crippen LogP contribution in [-0.4, -0.2) is 17.2 Å². The minimum atomic E-state index is -0.675. The van der Waals surface area contributed by atoms with Crippen LogP contribution in [0, 0.1) is 5.92 Å². The molecule has 1 aromatic rings. The molecule has 0 aromatic heterocycles. The number of carbonyl (C=O) groups is 2. The Hall–Kier alpha value is -1.48. The van der Waals surface area contributed by atoms with Crippen molar-refractivity contribution < 1.29 is 14.3 Å². The molecular weight excluding hydrogens is 264 g/mol. The molecule has 0 amide bonds. The third kappa shape index (κ3) is 1.90. The summed E-state index contributed by atoms with van der Waals surface area (Å²) < 4.78 is 6.54. The van der Waals surface area contributed by atoms with E-state index in [4.69, 9.17) is 4.74 Å². The zero-order valence-corrected chi connectivity index (χ0v) is 12.9. The highest BCUT2D eigenvalue weighted by Gasteiger charge is 2.55.